The number of ether oxygens (including phenoxy) is 1. The monoisotopic (exact) mass is 384 g/mol. The first-order chi connectivity index (χ1) is 13.0. The van der Waals surface area contributed by atoms with Gasteiger partial charge < -0.3 is 13.5 Å². The van der Waals surface area contributed by atoms with Gasteiger partial charge in [0, 0.05) is 29.8 Å². The van der Waals surface area contributed by atoms with Crippen molar-refractivity contribution in [1.82, 2.24) is 4.57 Å². The number of nitrogens with two attached hydrogens (primary N) is 1. The topological polar surface area (TPSA) is 83.6 Å². The summed E-state index contributed by atoms with van der Waals surface area (Å²) in [6.07, 6.45) is 4.16. The second-order valence-corrected chi connectivity index (χ2v) is 7.45. The Morgan fingerprint density at radius 2 is 1.89 bits per heavy atom. The van der Waals surface area contributed by atoms with Gasteiger partial charge in [-0.3, -0.25) is 4.79 Å². The van der Waals surface area contributed by atoms with E-state index in [9.17, 15) is 9.00 Å². The smallest absolute Gasteiger partial charge is 0.285 e. The average molecular weight is 384 g/mol. The summed E-state index contributed by atoms with van der Waals surface area (Å²) in [5, 5.41) is 6.71. The molecule has 0 aliphatic heterocycles. The highest BCUT2D eigenvalue weighted by Gasteiger charge is 2.23. The number of aryl methyl sites for hydroxylation is 1. The molecule has 1 atom stereocenters. The number of nitrogens with zero attached hydrogens (tertiary/aromatic N) is 1. The van der Waals surface area contributed by atoms with E-state index in [0.717, 1.165) is 16.5 Å². The van der Waals surface area contributed by atoms with Crippen LogP contribution < -0.4 is 19.6 Å². The molecule has 3 aromatic rings. The predicted octanol–water partition coefficient (Wildman–Crippen LogP) is 2.91. The van der Waals surface area contributed by atoms with Gasteiger partial charge in [-0.05, 0) is 48.4 Å². The molecule has 0 saturated heterocycles. The van der Waals surface area contributed by atoms with Crippen molar-refractivity contribution in [2.75, 3.05) is 6.61 Å². The van der Waals surface area contributed by atoms with Crippen LogP contribution in [0, 0.1) is 5.92 Å². The van der Waals surface area contributed by atoms with Gasteiger partial charge in [0.1, 0.15) is 11.5 Å². The zero-order valence-corrected chi connectivity index (χ0v) is 15.7. The Bertz CT molecular complexity index is 1090. The van der Waals surface area contributed by atoms with E-state index in [1.54, 1.807) is 42.1 Å². The van der Waals surface area contributed by atoms with E-state index in [1.165, 1.54) is 12.8 Å². The summed E-state index contributed by atoms with van der Waals surface area (Å²) in [6.45, 7) is 0.652. The molecule has 1 unspecified atom stereocenters. The van der Waals surface area contributed by atoms with Crippen molar-refractivity contribution in [3.05, 3.63) is 59.0 Å². The van der Waals surface area contributed by atoms with Crippen molar-refractivity contribution in [3.8, 4) is 22.6 Å². The fourth-order valence-corrected chi connectivity index (χ4v) is 3.41. The zero-order valence-electron chi connectivity index (χ0n) is 14.9. The number of aromatic nitrogens is 1. The lowest BCUT2D eigenvalue weighted by Crippen LogP contribution is -2.16. The van der Waals surface area contributed by atoms with Crippen LogP contribution in [0.25, 0.3) is 21.9 Å². The summed E-state index contributed by atoms with van der Waals surface area (Å²) in [5.41, 5.74) is 1.54. The molecule has 4 rings (SSSR count). The molecule has 140 valence electrons. The molecule has 6 nitrogen and oxygen atoms in total. The summed E-state index contributed by atoms with van der Waals surface area (Å²) in [5.74, 6) is 1.67. The molecule has 1 aliphatic carbocycles. The molecule has 1 saturated carbocycles. The summed E-state index contributed by atoms with van der Waals surface area (Å²) >= 11 is -1.92. The summed E-state index contributed by atoms with van der Waals surface area (Å²) in [4.78, 5) is 12.5. The Morgan fingerprint density at radius 1 is 1.15 bits per heavy atom. The van der Waals surface area contributed by atoms with Gasteiger partial charge in [0.25, 0.3) is 16.8 Å². The first-order valence-corrected chi connectivity index (χ1v) is 9.87. The quantitative estimate of drug-likeness (QED) is 0.708. The van der Waals surface area contributed by atoms with Crippen LogP contribution in [-0.4, -0.2) is 15.4 Å². The summed E-state index contributed by atoms with van der Waals surface area (Å²) in [6, 6.07) is 12.7. The minimum atomic E-state index is -1.92. The van der Waals surface area contributed by atoms with Crippen LogP contribution in [0.1, 0.15) is 12.8 Å². The molecule has 7 heteroatoms. The normalized spacial score (nSPS) is 14.9. The van der Waals surface area contributed by atoms with E-state index >= 15 is 0 Å². The van der Waals surface area contributed by atoms with Crippen molar-refractivity contribution in [2.45, 2.75) is 12.8 Å². The molecule has 0 spiro atoms. The van der Waals surface area contributed by atoms with Crippen LogP contribution in [-0.2, 0) is 18.3 Å². The van der Waals surface area contributed by atoms with Gasteiger partial charge in [-0.2, -0.15) is 4.21 Å². The summed E-state index contributed by atoms with van der Waals surface area (Å²) in [7, 11) is 1.72. The Balaban J connectivity index is 1.90. The summed E-state index contributed by atoms with van der Waals surface area (Å²) < 4.78 is 24.0. The van der Waals surface area contributed by atoms with Crippen LogP contribution in [0.4, 0.5) is 0 Å². The average Bonchev–Trinajstić information content (AvgIpc) is 3.47. The van der Waals surface area contributed by atoms with E-state index in [-0.39, 0.29) is 5.56 Å². The number of benzene rings is 2. The molecule has 1 aromatic heterocycles. The van der Waals surface area contributed by atoms with Gasteiger partial charge in [0.15, 0.2) is 0 Å². The first-order valence-electron chi connectivity index (χ1n) is 8.73. The molecular weight excluding hydrogens is 364 g/mol. The second-order valence-electron chi connectivity index (χ2n) is 6.76. The SMILES string of the molecule is Cn1cc(-c2cc(OS(N)=O)ccc2OCC2CC2)c2ccccc2c1=O. The van der Waals surface area contributed by atoms with E-state index in [1.807, 2.05) is 18.2 Å². The lowest BCUT2D eigenvalue weighted by Gasteiger charge is -2.15. The maximum Gasteiger partial charge on any atom is 0.285 e. The van der Waals surface area contributed by atoms with E-state index in [2.05, 4.69) is 0 Å². The minimum Gasteiger partial charge on any atom is -0.493 e. The number of hydrogen-bond acceptors (Lipinski definition) is 4. The van der Waals surface area contributed by atoms with Crippen molar-refractivity contribution in [1.29, 1.82) is 0 Å². The second kappa shape index (κ2) is 7.17. The molecule has 2 N–H and O–H groups in total. The van der Waals surface area contributed by atoms with Crippen LogP contribution in [0.5, 0.6) is 11.5 Å². The molecule has 1 aliphatic rings. The molecule has 0 bridgehead atoms. The zero-order chi connectivity index (χ0) is 19.0. The number of rotatable bonds is 6. The van der Waals surface area contributed by atoms with Crippen molar-refractivity contribution in [3.63, 3.8) is 0 Å². The molecule has 0 amide bonds. The third-order valence-electron chi connectivity index (χ3n) is 4.68. The van der Waals surface area contributed by atoms with E-state index in [4.69, 9.17) is 14.1 Å². The molecule has 1 fully saturated rings. The third-order valence-corrected chi connectivity index (χ3v) is 5.04. The van der Waals surface area contributed by atoms with Gasteiger partial charge >= 0.3 is 0 Å². The fourth-order valence-electron chi connectivity index (χ4n) is 3.12. The van der Waals surface area contributed by atoms with Gasteiger partial charge in [-0.25, -0.2) is 5.14 Å². The highest BCUT2D eigenvalue weighted by molar-refractivity contribution is 7.78. The van der Waals surface area contributed by atoms with Crippen LogP contribution in [0.15, 0.2) is 53.5 Å². The van der Waals surface area contributed by atoms with E-state index in [0.29, 0.717) is 29.4 Å². The fraction of sp³-hybridized carbons (Fsp3) is 0.250. The Hall–Kier alpha value is -2.64. The molecular formula is C20H20N2O4S. The maximum atomic E-state index is 12.5. The highest BCUT2D eigenvalue weighted by Crippen LogP contribution is 2.38. The van der Waals surface area contributed by atoms with Gasteiger partial charge in [-0.15, -0.1) is 0 Å². The standard InChI is InChI=1S/C20H20N2O4S/c1-22-11-18(15-4-2-3-5-16(15)20(22)23)17-10-14(26-27(21)24)8-9-19(17)25-12-13-6-7-13/h2-5,8-11,13H,6-7,12,21H2,1H3. The Kier molecular flexibility index (Phi) is 4.72. The molecule has 0 radical (unpaired) electrons. The molecule has 27 heavy (non-hydrogen) atoms. The van der Waals surface area contributed by atoms with Crippen molar-refractivity contribution in [2.24, 2.45) is 18.1 Å². The van der Waals surface area contributed by atoms with Crippen LogP contribution >= 0.6 is 0 Å². The lowest BCUT2D eigenvalue weighted by atomic mass is 9.99. The predicted molar refractivity (Wildman–Crippen MR) is 106 cm³/mol. The largest absolute Gasteiger partial charge is 0.493 e. The third kappa shape index (κ3) is 3.74. The lowest BCUT2D eigenvalue weighted by molar-refractivity contribution is 0.301. The molecule has 1 heterocycles. The van der Waals surface area contributed by atoms with Crippen molar-refractivity contribution < 1.29 is 13.1 Å². The van der Waals surface area contributed by atoms with Gasteiger partial charge in [0.05, 0.1) is 6.61 Å². The Morgan fingerprint density at radius 3 is 2.59 bits per heavy atom. The van der Waals surface area contributed by atoms with Crippen LogP contribution in [0.3, 0.4) is 0 Å². The maximum absolute atomic E-state index is 12.5. The van der Waals surface area contributed by atoms with Gasteiger partial charge in [-0.1, -0.05) is 18.2 Å². The van der Waals surface area contributed by atoms with E-state index < -0.39 is 11.3 Å². The minimum absolute atomic E-state index is 0.0646. The molecule has 2 aromatic carbocycles. The highest BCUT2D eigenvalue weighted by atomic mass is 32.2. The number of hydrogen-bond donors (Lipinski definition) is 1. The van der Waals surface area contributed by atoms with Gasteiger partial charge in [0.2, 0.25) is 0 Å². The van der Waals surface area contributed by atoms with Crippen LogP contribution in [0.2, 0.25) is 0 Å². The Labute approximate surface area is 159 Å². The number of pyridine rings is 1. The van der Waals surface area contributed by atoms with Crippen molar-refractivity contribution >= 4 is 22.0 Å². The first kappa shape index (κ1) is 17.8. The number of fused-ring (bicyclic) bond motifs is 1.